The summed E-state index contributed by atoms with van der Waals surface area (Å²) in [6.45, 7) is 3.18. The Labute approximate surface area is 216 Å². The number of aromatic nitrogens is 1. The van der Waals surface area contributed by atoms with Crippen LogP contribution in [0.2, 0.25) is 0 Å². The van der Waals surface area contributed by atoms with Crippen LogP contribution < -0.4 is 4.74 Å². The van der Waals surface area contributed by atoms with Crippen LogP contribution in [-0.4, -0.2) is 27.6 Å². The average Bonchev–Trinajstić information content (AvgIpc) is 3.33. The second kappa shape index (κ2) is 11.0. The summed E-state index contributed by atoms with van der Waals surface area (Å²) >= 11 is 0. The maximum Gasteiger partial charge on any atom is 0.297 e. The van der Waals surface area contributed by atoms with Crippen LogP contribution in [-0.2, 0) is 17.9 Å². The van der Waals surface area contributed by atoms with Gasteiger partial charge in [-0.3, -0.25) is 9.59 Å². The minimum Gasteiger partial charge on any atom is -0.494 e. The number of carbonyl (C=O) groups is 2. The number of amides is 1. The number of fused-ring (bicyclic) bond motifs is 1. The summed E-state index contributed by atoms with van der Waals surface area (Å²) in [7, 11) is 0. The van der Waals surface area contributed by atoms with E-state index < -0.39 is 11.7 Å². The van der Waals surface area contributed by atoms with Gasteiger partial charge < -0.3 is 14.0 Å². The summed E-state index contributed by atoms with van der Waals surface area (Å²) in [5.74, 6) is -0.318. The van der Waals surface area contributed by atoms with Crippen LogP contribution >= 0.6 is 0 Å². The Balaban J connectivity index is 1.54. The molecule has 0 fully saturated rings. The summed E-state index contributed by atoms with van der Waals surface area (Å²) in [6, 6.07) is 34.8. The predicted octanol–water partition coefficient (Wildman–Crippen LogP) is 6.42. The van der Waals surface area contributed by atoms with Gasteiger partial charge in [0.05, 0.1) is 6.61 Å². The average molecular weight is 489 g/mol. The van der Waals surface area contributed by atoms with E-state index in [2.05, 4.69) is 0 Å². The minimum atomic E-state index is -0.540. The molecule has 0 unspecified atom stereocenters. The van der Waals surface area contributed by atoms with Crippen molar-refractivity contribution in [2.75, 3.05) is 6.61 Å². The second-order valence-electron chi connectivity index (χ2n) is 8.82. The van der Waals surface area contributed by atoms with E-state index in [1.165, 1.54) is 0 Å². The van der Waals surface area contributed by atoms with Gasteiger partial charge in [-0.1, -0.05) is 78.9 Å². The van der Waals surface area contributed by atoms with E-state index in [1.54, 1.807) is 9.30 Å². The number of carbonyl (C=O) groups excluding carboxylic acids is 2. The fourth-order valence-corrected chi connectivity index (χ4v) is 4.52. The van der Waals surface area contributed by atoms with Gasteiger partial charge in [-0.05, 0) is 53.9 Å². The molecule has 5 heteroatoms. The molecule has 0 radical (unpaired) electrons. The maximum atomic E-state index is 14.0. The number of pyridine rings is 1. The minimum absolute atomic E-state index is 0.335. The Hall–Kier alpha value is -4.64. The highest BCUT2D eigenvalue weighted by molar-refractivity contribution is 6.43. The molecule has 184 valence electrons. The van der Waals surface area contributed by atoms with E-state index in [-0.39, 0.29) is 0 Å². The fourth-order valence-electron chi connectivity index (χ4n) is 4.52. The predicted molar refractivity (Wildman–Crippen MR) is 145 cm³/mol. The zero-order valence-electron chi connectivity index (χ0n) is 20.7. The van der Waals surface area contributed by atoms with Crippen LogP contribution in [0.1, 0.15) is 28.5 Å². The van der Waals surface area contributed by atoms with Crippen LogP contribution in [0.15, 0.2) is 115 Å². The quantitative estimate of drug-likeness (QED) is 0.178. The maximum absolute atomic E-state index is 14.0. The van der Waals surface area contributed by atoms with E-state index in [0.717, 1.165) is 28.0 Å². The highest BCUT2D eigenvalue weighted by atomic mass is 16.5. The third-order valence-corrected chi connectivity index (χ3v) is 6.29. The molecule has 0 bridgehead atoms. The molecular weight excluding hydrogens is 460 g/mol. The molecule has 1 amide bonds. The van der Waals surface area contributed by atoms with Crippen molar-refractivity contribution in [1.29, 1.82) is 0 Å². The van der Waals surface area contributed by atoms with Crippen LogP contribution in [0.25, 0.3) is 16.6 Å². The van der Waals surface area contributed by atoms with Crippen molar-refractivity contribution in [2.24, 2.45) is 0 Å². The molecule has 0 aliphatic rings. The van der Waals surface area contributed by atoms with Gasteiger partial charge in [-0.15, -0.1) is 0 Å². The van der Waals surface area contributed by atoms with Gasteiger partial charge in [0, 0.05) is 30.4 Å². The van der Waals surface area contributed by atoms with Crippen molar-refractivity contribution in [3.63, 3.8) is 0 Å². The van der Waals surface area contributed by atoms with Crippen LogP contribution in [0, 0.1) is 0 Å². The number of ether oxygens (including phenoxy) is 1. The first-order valence-corrected chi connectivity index (χ1v) is 12.4. The van der Waals surface area contributed by atoms with Crippen molar-refractivity contribution < 1.29 is 14.3 Å². The molecule has 0 aliphatic heterocycles. The Morgan fingerprint density at radius 1 is 0.757 bits per heavy atom. The van der Waals surface area contributed by atoms with Crippen molar-refractivity contribution in [2.45, 2.75) is 20.0 Å². The van der Waals surface area contributed by atoms with E-state index in [0.29, 0.717) is 31.0 Å². The summed E-state index contributed by atoms with van der Waals surface area (Å²) in [6.07, 6.45) is 1.83. The van der Waals surface area contributed by atoms with Gasteiger partial charge in [-0.25, -0.2) is 0 Å². The Morgan fingerprint density at radius 2 is 1.35 bits per heavy atom. The zero-order chi connectivity index (χ0) is 25.6. The molecule has 3 aromatic carbocycles. The first-order valence-electron chi connectivity index (χ1n) is 12.4. The van der Waals surface area contributed by atoms with Crippen molar-refractivity contribution in [3.05, 3.63) is 132 Å². The third-order valence-electron chi connectivity index (χ3n) is 6.29. The van der Waals surface area contributed by atoms with Crippen LogP contribution in [0.3, 0.4) is 0 Å². The molecule has 2 aromatic heterocycles. The van der Waals surface area contributed by atoms with Gasteiger partial charge in [0.25, 0.3) is 11.7 Å². The first-order chi connectivity index (χ1) is 18.1. The van der Waals surface area contributed by atoms with E-state index in [1.807, 2.05) is 122 Å². The van der Waals surface area contributed by atoms with Gasteiger partial charge in [0.2, 0.25) is 0 Å². The van der Waals surface area contributed by atoms with Gasteiger partial charge in [0.15, 0.2) is 0 Å². The molecule has 5 nitrogen and oxygen atoms in total. The molecule has 0 spiro atoms. The third kappa shape index (κ3) is 5.31. The summed E-state index contributed by atoms with van der Waals surface area (Å²) < 4.78 is 7.38. The van der Waals surface area contributed by atoms with Gasteiger partial charge >= 0.3 is 0 Å². The van der Waals surface area contributed by atoms with Gasteiger partial charge in [-0.2, -0.15) is 0 Å². The smallest absolute Gasteiger partial charge is 0.297 e. The molecular formula is C32H28N2O3. The summed E-state index contributed by atoms with van der Waals surface area (Å²) in [4.78, 5) is 29.5. The number of hydrogen-bond acceptors (Lipinski definition) is 3. The lowest BCUT2D eigenvalue weighted by molar-refractivity contribution is -0.127. The normalized spacial score (nSPS) is 10.8. The highest BCUT2D eigenvalue weighted by Gasteiger charge is 2.29. The Morgan fingerprint density at radius 3 is 1.95 bits per heavy atom. The van der Waals surface area contributed by atoms with Crippen molar-refractivity contribution in [1.82, 2.24) is 9.30 Å². The molecule has 0 aliphatic carbocycles. The van der Waals surface area contributed by atoms with Crippen molar-refractivity contribution in [3.8, 4) is 16.9 Å². The summed E-state index contributed by atoms with van der Waals surface area (Å²) in [5.41, 5.74) is 4.70. The lowest BCUT2D eigenvalue weighted by Crippen LogP contribution is -2.36. The molecule has 37 heavy (non-hydrogen) atoms. The van der Waals surface area contributed by atoms with E-state index in [4.69, 9.17) is 4.74 Å². The zero-order valence-corrected chi connectivity index (χ0v) is 20.7. The molecule has 0 saturated heterocycles. The molecule has 0 atom stereocenters. The number of hydrogen-bond donors (Lipinski definition) is 0. The van der Waals surface area contributed by atoms with Gasteiger partial charge in [0.1, 0.15) is 11.4 Å². The number of Topliss-reactive ketones (excluding diaryl/α,β-unsaturated/α-hetero) is 1. The monoisotopic (exact) mass is 488 g/mol. The van der Waals surface area contributed by atoms with Crippen molar-refractivity contribution >= 4 is 17.2 Å². The first kappa shape index (κ1) is 24.1. The standard InChI is InChI=1S/C32H28N2O3/c1-2-37-28-18-16-26(17-19-28)29-21-27-15-9-10-20-34(27)30(29)31(35)32(36)33(22-24-11-5-3-6-12-24)23-25-13-7-4-8-14-25/h3-21H,2,22-23H2,1H3. The summed E-state index contributed by atoms with van der Waals surface area (Å²) in [5, 5.41) is 0. The van der Waals surface area contributed by atoms with E-state index in [9.17, 15) is 9.59 Å². The molecule has 2 heterocycles. The number of nitrogens with zero attached hydrogens (tertiary/aromatic N) is 2. The molecule has 0 saturated carbocycles. The Kier molecular flexibility index (Phi) is 7.13. The topological polar surface area (TPSA) is 51.0 Å². The molecule has 5 aromatic rings. The van der Waals surface area contributed by atoms with Crippen LogP contribution in [0.5, 0.6) is 5.75 Å². The molecule has 5 rings (SSSR count). The largest absolute Gasteiger partial charge is 0.494 e. The highest BCUT2D eigenvalue weighted by Crippen LogP contribution is 2.30. The second-order valence-corrected chi connectivity index (χ2v) is 8.82. The van der Waals surface area contributed by atoms with E-state index >= 15 is 0 Å². The number of ketones is 1. The molecule has 0 N–H and O–H groups in total. The Bertz CT molecular complexity index is 1470. The fraction of sp³-hybridized carbons (Fsp3) is 0.125. The SMILES string of the molecule is CCOc1ccc(-c2cc3ccccn3c2C(=O)C(=O)N(Cc2ccccc2)Cc2ccccc2)cc1. The number of benzene rings is 3. The number of rotatable bonds is 9. The lowest BCUT2D eigenvalue weighted by atomic mass is 10.0. The van der Waals surface area contributed by atoms with Crippen LogP contribution in [0.4, 0.5) is 0 Å². The lowest BCUT2D eigenvalue weighted by Gasteiger charge is -2.23.